The summed E-state index contributed by atoms with van der Waals surface area (Å²) in [5, 5.41) is 1.62. The Kier molecular flexibility index (Phi) is 3.21. The molecular formula is C13H15N3O3S. The molecule has 0 aliphatic carbocycles. The fourth-order valence-electron chi connectivity index (χ4n) is 2.46. The number of benzene rings is 1. The molecule has 0 bridgehead atoms. The van der Waals surface area contributed by atoms with E-state index < -0.39 is 21.0 Å². The Morgan fingerprint density at radius 1 is 1.30 bits per heavy atom. The molecule has 1 aliphatic rings. The number of anilines is 1. The Bertz CT molecular complexity index is 718. The molecule has 1 saturated heterocycles. The third-order valence-electron chi connectivity index (χ3n) is 3.50. The zero-order valence-corrected chi connectivity index (χ0v) is 11.6. The van der Waals surface area contributed by atoms with Crippen molar-refractivity contribution in [2.45, 2.75) is 24.5 Å². The maximum Gasteiger partial charge on any atom is 0.245 e. The number of para-hydroxylation sites is 2. The van der Waals surface area contributed by atoms with Gasteiger partial charge in [0.15, 0.2) is 9.84 Å². The van der Waals surface area contributed by atoms with E-state index in [1.54, 1.807) is 0 Å². The summed E-state index contributed by atoms with van der Waals surface area (Å²) in [6, 6.07) is 7.37. The van der Waals surface area contributed by atoms with Gasteiger partial charge in [-0.3, -0.25) is 10.1 Å². The van der Waals surface area contributed by atoms with E-state index in [4.69, 9.17) is 0 Å². The van der Waals surface area contributed by atoms with Crippen LogP contribution < -0.4 is 5.32 Å². The van der Waals surface area contributed by atoms with Crippen molar-refractivity contribution < 1.29 is 13.2 Å². The average Bonchev–Trinajstić information content (AvgIpc) is 2.80. The first-order valence-electron chi connectivity index (χ1n) is 6.53. The van der Waals surface area contributed by atoms with Gasteiger partial charge in [-0.1, -0.05) is 18.6 Å². The molecule has 2 aromatic rings. The van der Waals surface area contributed by atoms with Gasteiger partial charge in [-0.05, 0) is 25.0 Å². The standard InChI is InChI=1S/C13H15N3O3S/c17-12(11-7-3-4-8-20(11,18)19)16-13-14-9-5-1-2-6-10(9)15-13/h1-2,5-6,11H,3-4,7-8H2,(H2,14,15,16,17). The van der Waals surface area contributed by atoms with Gasteiger partial charge in [-0.2, -0.15) is 0 Å². The summed E-state index contributed by atoms with van der Waals surface area (Å²) in [7, 11) is -3.33. The monoisotopic (exact) mass is 293 g/mol. The highest BCUT2D eigenvalue weighted by atomic mass is 32.2. The summed E-state index contributed by atoms with van der Waals surface area (Å²) in [4.78, 5) is 19.3. The van der Waals surface area contributed by atoms with Gasteiger partial charge in [0.25, 0.3) is 0 Å². The summed E-state index contributed by atoms with van der Waals surface area (Å²) in [6.45, 7) is 0. The molecule has 1 aromatic heterocycles. The summed E-state index contributed by atoms with van der Waals surface area (Å²) in [6.07, 6.45) is 1.78. The lowest BCUT2D eigenvalue weighted by atomic mass is 10.2. The maximum absolute atomic E-state index is 12.1. The minimum atomic E-state index is -3.33. The van der Waals surface area contributed by atoms with E-state index in [1.165, 1.54) is 0 Å². The first-order chi connectivity index (χ1) is 9.56. The number of hydrogen-bond donors (Lipinski definition) is 2. The lowest BCUT2D eigenvalue weighted by Crippen LogP contribution is -2.39. The molecule has 1 atom stereocenters. The van der Waals surface area contributed by atoms with E-state index >= 15 is 0 Å². The SMILES string of the molecule is O=C(Nc1nc2ccccc2[nH]1)C1CCCCS1(=O)=O. The second kappa shape index (κ2) is 4.90. The molecular weight excluding hydrogens is 278 g/mol. The molecule has 0 spiro atoms. The molecule has 1 aliphatic heterocycles. The minimum Gasteiger partial charge on any atom is -0.324 e. The second-order valence-corrected chi connectivity index (χ2v) is 7.25. The van der Waals surface area contributed by atoms with E-state index in [-0.39, 0.29) is 11.7 Å². The third-order valence-corrected chi connectivity index (χ3v) is 5.68. The van der Waals surface area contributed by atoms with Crippen LogP contribution in [0.25, 0.3) is 11.0 Å². The highest BCUT2D eigenvalue weighted by Gasteiger charge is 2.35. The molecule has 2 N–H and O–H groups in total. The van der Waals surface area contributed by atoms with Crippen LogP contribution in [0.5, 0.6) is 0 Å². The Morgan fingerprint density at radius 2 is 2.10 bits per heavy atom. The van der Waals surface area contributed by atoms with Crippen molar-refractivity contribution >= 4 is 32.7 Å². The van der Waals surface area contributed by atoms with Crippen molar-refractivity contribution in [3.05, 3.63) is 24.3 Å². The van der Waals surface area contributed by atoms with Crippen molar-refractivity contribution in [2.75, 3.05) is 11.1 Å². The Balaban J connectivity index is 1.81. The number of carbonyl (C=O) groups excluding carboxylic acids is 1. The predicted octanol–water partition coefficient (Wildman–Crippen LogP) is 1.47. The predicted molar refractivity (Wildman–Crippen MR) is 76.1 cm³/mol. The number of nitrogens with one attached hydrogen (secondary N) is 2. The molecule has 106 valence electrons. The molecule has 2 heterocycles. The highest BCUT2D eigenvalue weighted by molar-refractivity contribution is 7.92. The zero-order chi connectivity index (χ0) is 14.2. The molecule has 0 radical (unpaired) electrons. The number of nitrogens with zero attached hydrogens (tertiary/aromatic N) is 1. The topological polar surface area (TPSA) is 91.9 Å². The van der Waals surface area contributed by atoms with E-state index in [0.29, 0.717) is 12.8 Å². The number of sulfone groups is 1. The molecule has 0 saturated carbocycles. The summed E-state index contributed by atoms with van der Waals surface area (Å²) in [5.74, 6) is -0.119. The van der Waals surface area contributed by atoms with Crippen molar-refractivity contribution in [3.8, 4) is 0 Å². The molecule has 1 fully saturated rings. The van der Waals surface area contributed by atoms with Crippen LogP contribution in [0.3, 0.4) is 0 Å². The smallest absolute Gasteiger partial charge is 0.245 e. The first-order valence-corrected chi connectivity index (χ1v) is 8.25. The van der Waals surface area contributed by atoms with Gasteiger partial charge in [0.05, 0.1) is 16.8 Å². The van der Waals surface area contributed by atoms with Crippen molar-refractivity contribution in [3.63, 3.8) is 0 Å². The number of rotatable bonds is 2. The fourth-order valence-corrected chi connectivity index (χ4v) is 4.26. The van der Waals surface area contributed by atoms with Crippen LogP contribution in [-0.2, 0) is 14.6 Å². The third kappa shape index (κ3) is 2.40. The number of imidazole rings is 1. The van der Waals surface area contributed by atoms with Crippen LogP contribution in [0.15, 0.2) is 24.3 Å². The molecule has 3 rings (SSSR count). The molecule has 1 amide bonds. The van der Waals surface area contributed by atoms with E-state index in [1.807, 2.05) is 24.3 Å². The number of carbonyl (C=O) groups is 1. The minimum absolute atomic E-state index is 0.0885. The number of aromatic amines is 1. The van der Waals surface area contributed by atoms with Gasteiger partial charge < -0.3 is 4.98 Å². The van der Waals surface area contributed by atoms with Gasteiger partial charge in [0.2, 0.25) is 11.9 Å². The zero-order valence-electron chi connectivity index (χ0n) is 10.8. The first kappa shape index (κ1) is 13.1. The normalized spacial score (nSPS) is 21.7. The molecule has 7 heteroatoms. The van der Waals surface area contributed by atoms with Gasteiger partial charge in [-0.25, -0.2) is 13.4 Å². The molecule has 1 aromatic carbocycles. The lowest BCUT2D eigenvalue weighted by Gasteiger charge is -2.20. The fraction of sp³-hybridized carbons (Fsp3) is 0.385. The van der Waals surface area contributed by atoms with Crippen LogP contribution in [-0.4, -0.2) is 35.3 Å². The van der Waals surface area contributed by atoms with Crippen molar-refractivity contribution in [2.24, 2.45) is 0 Å². The van der Waals surface area contributed by atoms with Gasteiger partial charge in [0.1, 0.15) is 5.25 Å². The van der Waals surface area contributed by atoms with E-state index in [9.17, 15) is 13.2 Å². The largest absolute Gasteiger partial charge is 0.324 e. The van der Waals surface area contributed by atoms with Crippen LogP contribution in [0.2, 0.25) is 0 Å². The number of hydrogen-bond acceptors (Lipinski definition) is 4. The summed E-state index contributed by atoms with van der Waals surface area (Å²) >= 11 is 0. The lowest BCUT2D eigenvalue weighted by molar-refractivity contribution is -0.116. The second-order valence-electron chi connectivity index (χ2n) is 4.94. The highest BCUT2D eigenvalue weighted by Crippen LogP contribution is 2.21. The van der Waals surface area contributed by atoms with Gasteiger partial charge in [-0.15, -0.1) is 0 Å². The average molecular weight is 293 g/mol. The van der Waals surface area contributed by atoms with Gasteiger partial charge >= 0.3 is 0 Å². The maximum atomic E-state index is 12.1. The summed E-state index contributed by atoms with van der Waals surface area (Å²) in [5.41, 5.74) is 1.53. The van der Waals surface area contributed by atoms with Crippen LogP contribution in [0.1, 0.15) is 19.3 Å². The number of H-pyrrole nitrogens is 1. The number of fused-ring (bicyclic) bond motifs is 1. The Hall–Kier alpha value is -1.89. The summed E-state index contributed by atoms with van der Waals surface area (Å²) < 4.78 is 23.8. The Morgan fingerprint density at radius 3 is 2.85 bits per heavy atom. The quantitative estimate of drug-likeness (QED) is 0.877. The van der Waals surface area contributed by atoms with Gasteiger partial charge in [0, 0.05) is 0 Å². The molecule has 20 heavy (non-hydrogen) atoms. The number of aromatic nitrogens is 2. The molecule has 6 nitrogen and oxygen atoms in total. The van der Waals surface area contributed by atoms with Crippen molar-refractivity contribution in [1.82, 2.24) is 9.97 Å². The van der Waals surface area contributed by atoms with E-state index in [2.05, 4.69) is 15.3 Å². The van der Waals surface area contributed by atoms with Crippen molar-refractivity contribution in [1.29, 1.82) is 0 Å². The van der Waals surface area contributed by atoms with Crippen LogP contribution >= 0.6 is 0 Å². The van der Waals surface area contributed by atoms with Crippen LogP contribution in [0.4, 0.5) is 5.95 Å². The van der Waals surface area contributed by atoms with Crippen LogP contribution in [0, 0.1) is 0 Å². The Labute approximate surface area is 116 Å². The number of amides is 1. The molecule has 1 unspecified atom stereocenters. The van der Waals surface area contributed by atoms with E-state index in [0.717, 1.165) is 17.5 Å².